The van der Waals surface area contributed by atoms with E-state index in [0.29, 0.717) is 5.92 Å². The second-order valence-corrected chi connectivity index (χ2v) is 4.73. The Morgan fingerprint density at radius 1 is 1.60 bits per heavy atom. The summed E-state index contributed by atoms with van der Waals surface area (Å²) in [6.45, 7) is 3.35. The van der Waals surface area contributed by atoms with Gasteiger partial charge in [0.1, 0.15) is 0 Å². The predicted octanol–water partition coefficient (Wildman–Crippen LogP) is 1.87. The third-order valence-electron chi connectivity index (χ3n) is 2.99. The van der Waals surface area contributed by atoms with E-state index in [9.17, 15) is 0 Å². The highest BCUT2D eigenvalue weighted by Gasteiger charge is 2.19. The molecule has 2 heterocycles. The molecular formula is C11H18ClN3. The molecule has 0 aromatic carbocycles. The van der Waals surface area contributed by atoms with Crippen molar-refractivity contribution in [3.63, 3.8) is 0 Å². The van der Waals surface area contributed by atoms with Crippen LogP contribution in [0.15, 0.2) is 12.4 Å². The molecule has 4 heteroatoms. The number of aromatic nitrogens is 2. The maximum absolute atomic E-state index is 5.91. The van der Waals surface area contributed by atoms with Gasteiger partial charge in [0.15, 0.2) is 0 Å². The van der Waals surface area contributed by atoms with Crippen molar-refractivity contribution in [1.82, 2.24) is 14.7 Å². The molecule has 1 aromatic rings. The van der Waals surface area contributed by atoms with Gasteiger partial charge in [-0.1, -0.05) is 0 Å². The SMILES string of the molecule is Cn1cc(CN2CCCC(CCl)C2)cn1. The van der Waals surface area contributed by atoms with Gasteiger partial charge in [-0.3, -0.25) is 9.58 Å². The monoisotopic (exact) mass is 227 g/mol. The zero-order valence-electron chi connectivity index (χ0n) is 9.19. The van der Waals surface area contributed by atoms with E-state index in [-0.39, 0.29) is 0 Å². The number of alkyl halides is 1. The Balaban J connectivity index is 1.88. The average Bonchev–Trinajstić information content (AvgIpc) is 2.64. The molecule has 84 valence electrons. The molecule has 0 radical (unpaired) electrons. The van der Waals surface area contributed by atoms with Gasteiger partial charge in [0, 0.05) is 37.8 Å². The second-order valence-electron chi connectivity index (χ2n) is 4.42. The molecule has 0 aliphatic carbocycles. The second kappa shape index (κ2) is 4.99. The van der Waals surface area contributed by atoms with Crippen LogP contribution in [-0.4, -0.2) is 33.6 Å². The number of hydrogen-bond donors (Lipinski definition) is 0. The molecule has 3 nitrogen and oxygen atoms in total. The zero-order valence-corrected chi connectivity index (χ0v) is 9.95. The van der Waals surface area contributed by atoms with Crippen molar-refractivity contribution in [2.24, 2.45) is 13.0 Å². The predicted molar refractivity (Wildman–Crippen MR) is 61.9 cm³/mol. The number of likely N-dealkylation sites (tertiary alicyclic amines) is 1. The third-order valence-corrected chi connectivity index (χ3v) is 3.42. The molecule has 1 fully saturated rings. The molecule has 1 atom stereocenters. The summed E-state index contributed by atoms with van der Waals surface area (Å²) >= 11 is 5.91. The number of rotatable bonds is 3. The number of piperidine rings is 1. The minimum Gasteiger partial charge on any atom is -0.299 e. The van der Waals surface area contributed by atoms with E-state index < -0.39 is 0 Å². The van der Waals surface area contributed by atoms with Gasteiger partial charge in [-0.15, -0.1) is 11.6 Å². The number of halogens is 1. The van der Waals surface area contributed by atoms with Gasteiger partial charge in [0.05, 0.1) is 6.20 Å². The van der Waals surface area contributed by atoms with Gasteiger partial charge in [-0.05, 0) is 25.3 Å². The van der Waals surface area contributed by atoms with Gasteiger partial charge >= 0.3 is 0 Å². The van der Waals surface area contributed by atoms with Crippen molar-refractivity contribution in [3.05, 3.63) is 18.0 Å². The summed E-state index contributed by atoms with van der Waals surface area (Å²) in [4.78, 5) is 2.48. The Labute approximate surface area is 96.0 Å². The molecule has 1 aromatic heterocycles. The molecule has 1 saturated heterocycles. The van der Waals surface area contributed by atoms with Crippen LogP contribution >= 0.6 is 11.6 Å². The first-order valence-corrected chi connectivity index (χ1v) is 6.07. The third kappa shape index (κ3) is 2.95. The topological polar surface area (TPSA) is 21.1 Å². The van der Waals surface area contributed by atoms with Crippen LogP contribution in [0.25, 0.3) is 0 Å². The largest absolute Gasteiger partial charge is 0.299 e. The van der Waals surface area contributed by atoms with Gasteiger partial charge in [-0.25, -0.2) is 0 Å². The van der Waals surface area contributed by atoms with Gasteiger partial charge in [-0.2, -0.15) is 5.10 Å². The summed E-state index contributed by atoms with van der Waals surface area (Å²) in [5, 5.41) is 4.19. The Hall–Kier alpha value is -0.540. The summed E-state index contributed by atoms with van der Waals surface area (Å²) in [5.74, 6) is 1.47. The van der Waals surface area contributed by atoms with Crippen molar-refractivity contribution in [1.29, 1.82) is 0 Å². The maximum Gasteiger partial charge on any atom is 0.0534 e. The van der Waals surface area contributed by atoms with Crippen molar-refractivity contribution in [2.75, 3.05) is 19.0 Å². The Morgan fingerprint density at radius 2 is 2.47 bits per heavy atom. The number of aryl methyl sites for hydroxylation is 1. The van der Waals surface area contributed by atoms with Crippen LogP contribution in [0.3, 0.4) is 0 Å². The lowest BCUT2D eigenvalue weighted by Crippen LogP contribution is -2.35. The lowest BCUT2D eigenvalue weighted by atomic mass is 10.00. The van der Waals surface area contributed by atoms with Crippen LogP contribution in [0.5, 0.6) is 0 Å². The maximum atomic E-state index is 5.91. The average molecular weight is 228 g/mol. The lowest BCUT2D eigenvalue weighted by molar-refractivity contribution is 0.178. The Bertz CT molecular complexity index is 311. The number of nitrogens with zero attached hydrogens (tertiary/aromatic N) is 3. The molecule has 0 bridgehead atoms. The van der Waals surface area contributed by atoms with Crippen LogP contribution in [-0.2, 0) is 13.6 Å². The van der Waals surface area contributed by atoms with Crippen molar-refractivity contribution >= 4 is 11.6 Å². The van der Waals surface area contributed by atoms with Gasteiger partial charge < -0.3 is 0 Å². The summed E-state index contributed by atoms with van der Waals surface area (Å²) in [6.07, 6.45) is 6.60. The first kappa shape index (κ1) is 11.0. The van der Waals surface area contributed by atoms with E-state index in [1.807, 2.05) is 17.9 Å². The lowest BCUT2D eigenvalue weighted by Gasteiger charge is -2.31. The fourth-order valence-corrected chi connectivity index (χ4v) is 2.48. The molecule has 1 aliphatic rings. The van der Waals surface area contributed by atoms with E-state index in [4.69, 9.17) is 11.6 Å². The van der Waals surface area contributed by atoms with Crippen LogP contribution in [0.4, 0.5) is 0 Å². The number of hydrogen-bond acceptors (Lipinski definition) is 2. The zero-order chi connectivity index (χ0) is 10.7. The van der Waals surface area contributed by atoms with E-state index in [1.165, 1.54) is 24.9 Å². The highest BCUT2D eigenvalue weighted by Crippen LogP contribution is 2.19. The summed E-state index contributed by atoms with van der Waals surface area (Å²) in [6, 6.07) is 0. The molecule has 0 spiro atoms. The molecular weight excluding hydrogens is 210 g/mol. The molecule has 15 heavy (non-hydrogen) atoms. The van der Waals surface area contributed by atoms with Crippen LogP contribution in [0, 0.1) is 5.92 Å². The van der Waals surface area contributed by atoms with Crippen LogP contribution in [0.1, 0.15) is 18.4 Å². The highest BCUT2D eigenvalue weighted by molar-refractivity contribution is 6.18. The first-order chi connectivity index (χ1) is 7.28. The van der Waals surface area contributed by atoms with E-state index in [2.05, 4.69) is 16.2 Å². The minimum absolute atomic E-state index is 0.678. The molecule has 1 aliphatic heterocycles. The quantitative estimate of drug-likeness (QED) is 0.736. The van der Waals surface area contributed by atoms with Crippen molar-refractivity contribution in [3.8, 4) is 0 Å². The molecule has 0 amide bonds. The van der Waals surface area contributed by atoms with Gasteiger partial charge in [0.2, 0.25) is 0 Å². The summed E-state index contributed by atoms with van der Waals surface area (Å²) in [7, 11) is 1.96. The highest BCUT2D eigenvalue weighted by atomic mass is 35.5. The van der Waals surface area contributed by atoms with E-state index in [0.717, 1.165) is 19.0 Å². The fraction of sp³-hybridized carbons (Fsp3) is 0.727. The molecule has 0 saturated carbocycles. The van der Waals surface area contributed by atoms with Crippen molar-refractivity contribution < 1.29 is 0 Å². The smallest absolute Gasteiger partial charge is 0.0534 e. The van der Waals surface area contributed by atoms with Crippen LogP contribution in [0.2, 0.25) is 0 Å². The fourth-order valence-electron chi connectivity index (χ4n) is 2.23. The first-order valence-electron chi connectivity index (χ1n) is 5.54. The molecule has 1 unspecified atom stereocenters. The summed E-state index contributed by atoms with van der Waals surface area (Å²) < 4.78 is 1.86. The standard InChI is InChI=1S/C11H18ClN3/c1-14-7-11(6-13-14)9-15-4-2-3-10(5-12)8-15/h6-7,10H,2-5,8-9H2,1H3. The Kier molecular flexibility index (Phi) is 3.65. The van der Waals surface area contributed by atoms with Gasteiger partial charge in [0.25, 0.3) is 0 Å². The molecule has 2 rings (SSSR count). The Morgan fingerprint density at radius 3 is 3.13 bits per heavy atom. The normalized spacial score (nSPS) is 23.2. The minimum atomic E-state index is 0.678. The van der Waals surface area contributed by atoms with Crippen LogP contribution < -0.4 is 0 Å². The van der Waals surface area contributed by atoms with Crippen molar-refractivity contribution in [2.45, 2.75) is 19.4 Å². The van der Waals surface area contributed by atoms with E-state index in [1.54, 1.807) is 0 Å². The summed E-state index contributed by atoms with van der Waals surface area (Å²) in [5.41, 5.74) is 1.30. The van der Waals surface area contributed by atoms with E-state index >= 15 is 0 Å². The molecule has 0 N–H and O–H groups in total.